The Labute approximate surface area is 341 Å². The van der Waals surface area contributed by atoms with E-state index in [1.807, 2.05) is 11.3 Å². The predicted octanol–water partition coefficient (Wildman–Crippen LogP) is 15.8. The molecule has 9 aromatic carbocycles. The Bertz CT molecular complexity index is 3150. The van der Waals surface area contributed by atoms with Gasteiger partial charge < -0.3 is 14.4 Å². The number of fused-ring (bicyclic) bond motifs is 6. The minimum atomic E-state index is 1.10. The molecule has 274 valence electrons. The predicted molar refractivity (Wildman–Crippen MR) is 248 cm³/mol. The highest BCUT2D eigenvalue weighted by Gasteiger charge is 2.20. The average molecular weight is 760 g/mol. The number of nitrogens with zero attached hydrogens (tertiary/aromatic N) is 3. The van der Waals surface area contributed by atoms with Gasteiger partial charge in [-0.2, -0.15) is 0 Å². The molecular weight excluding hydrogens is 723 g/mol. The van der Waals surface area contributed by atoms with Crippen LogP contribution < -0.4 is 9.80 Å². The molecule has 0 saturated heterocycles. The lowest BCUT2D eigenvalue weighted by Crippen LogP contribution is -2.10. The van der Waals surface area contributed by atoms with Crippen molar-refractivity contribution in [3.8, 4) is 16.8 Å². The van der Waals surface area contributed by atoms with E-state index in [-0.39, 0.29) is 0 Å². The fraction of sp³-hybridized carbons (Fsp3) is 0. The Morgan fingerprint density at radius 2 is 0.759 bits per heavy atom. The molecule has 3 nitrogen and oxygen atoms in total. The van der Waals surface area contributed by atoms with Crippen LogP contribution in [-0.4, -0.2) is 4.57 Å². The number of para-hydroxylation sites is 3. The first-order chi connectivity index (χ1) is 28.8. The zero-order valence-electron chi connectivity index (χ0n) is 31.6. The molecule has 4 heteroatoms. The molecule has 0 bridgehead atoms. The van der Waals surface area contributed by atoms with E-state index < -0.39 is 0 Å². The van der Waals surface area contributed by atoms with Gasteiger partial charge in [0, 0.05) is 70.8 Å². The van der Waals surface area contributed by atoms with Crippen LogP contribution in [0.5, 0.6) is 0 Å². The highest BCUT2D eigenvalue weighted by Crippen LogP contribution is 2.44. The molecule has 0 unspecified atom stereocenters. The van der Waals surface area contributed by atoms with E-state index >= 15 is 0 Å². The third kappa shape index (κ3) is 5.90. The van der Waals surface area contributed by atoms with Gasteiger partial charge in [0.1, 0.15) is 0 Å². The van der Waals surface area contributed by atoms with Gasteiger partial charge in [-0.15, -0.1) is 11.3 Å². The second-order valence-corrected chi connectivity index (χ2v) is 15.7. The van der Waals surface area contributed by atoms with Gasteiger partial charge in [-0.3, -0.25) is 0 Å². The van der Waals surface area contributed by atoms with E-state index in [4.69, 9.17) is 0 Å². The highest BCUT2D eigenvalue weighted by atomic mass is 32.1. The summed E-state index contributed by atoms with van der Waals surface area (Å²) in [7, 11) is 0. The maximum atomic E-state index is 2.45. The lowest BCUT2D eigenvalue weighted by molar-refractivity contribution is 1.17. The Morgan fingerprint density at radius 3 is 1.38 bits per heavy atom. The summed E-state index contributed by atoms with van der Waals surface area (Å²) in [4.78, 5) is 4.68. The van der Waals surface area contributed by atoms with Crippen LogP contribution in [0.15, 0.2) is 224 Å². The molecule has 0 aliphatic rings. The first-order valence-corrected chi connectivity index (χ1v) is 20.5. The van der Waals surface area contributed by atoms with Crippen molar-refractivity contribution in [3.05, 3.63) is 224 Å². The topological polar surface area (TPSA) is 11.4 Å². The normalized spacial score (nSPS) is 11.4. The first kappa shape index (κ1) is 33.9. The fourth-order valence-corrected chi connectivity index (χ4v) is 9.58. The molecule has 0 N–H and O–H groups in total. The van der Waals surface area contributed by atoms with Crippen LogP contribution in [0.2, 0.25) is 0 Å². The van der Waals surface area contributed by atoms with Gasteiger partial charge >= 0.3 is 0 Å². The largest absolute Gasteiger partial charge is 0.311 e. The van der Waals surface area contributed by atoms with Crippen molar-refractivity contribution in [1.29, 1.82) is 0 Å². The van der Waals surface area contributed by atoms with Crippen molar-refractivity contribution in [3.63, 3.8) is 0 Å². The lowest BCUT2D eigenvalue weighted by Gasteiger charge is -2.26. The van der Waals surface area contributed by atoms with E-state index in [0.29, 0.717) is 0 Å². The molecule has 0 aliphatic heterocycles. The number of thiophene rings is 1. The molecule has 11 aromatic rings. The summed E-state index contributed by atoms with van der Waals surface area (Å²) in [6.07, 6.45) is 0. The fourth-order valence-electron chi connectivity index (χ4n) is 8.45. The summed E-state index contributed by atoms with van der Waals surface area (Å²) >= 11 is 1.87. The SMILES string of the molecule is c1ccc(-c2ccc(N(c3ccccc3)c3ccc4c(c3)c3cc5sc6ccccc6c5cc3n4-c3ccc(N(c4ccccc4)c4ccccc4)cc3)cc2)cc1. The lowest BCUT2D eigenvalue weighted by atomic mass is 10.0. The van der Waals surface area contributed by atoms with Gasteiger partial charge in [-0.05, 0) is 120 Å². The molecular formula is C54H37N3S. The minimum Gasteiger partial charge on any atom is -0.311 e. The zero-order chi connectivity index (χ0) is 38.4. The van der Waals surface area contributed by atoms with Crippen LogP contribution in [0.1, 0.15) is 0 Å². The minimum absolute atomic E-state index is 1.10. The Morgan fingerprint density at radius 1 is 0.293 bits per heavy atom. The maximum absolute atomic E-state index is 2.45. The third-order valence-corrected chi connectivity index (χ3v) is 12.3. The molecule has 0 saturated carbocycles. The van der Waals surface area contributed by atoms with Crippen molar-refractivity contribution in [2.24, 2.45) is 0 Å². The van der Waals surface area contributed by atoms with Crippen LogP contribution in [0, 0.1) is 0 Å². The van der Waals surface area contributed by atoms with Gasteiger partial charge in [0.05, 0.1) is 11.0 Å². The Balaban J connectivity index is 1.09. The van der Waals surface area contributed by atoms with E-state index in [9.17, 15) is 0 Å². The van der Waals surface area contributed by atoms with Gasteiger partial charge in [0.25, 0.3) is 0 Å². The van der Waals surface area contributed by atoms with Gasteiger partial charge in [0.15, 0.2) is 0 Å². The molecule has 0 atom stereocenters. The number of hydrogen-bond donors (Lipinski definition) is 0. The molecule has 0 amide bonds. The molecule has 11 rings (SSSR count). The van der Waals surface area contributed by atoms with Crippen molar-refractivity contribution < 1.29 is 0 Å². The van der Waals surface area contributed by atoms with E-state index in [0.717, 1.165) is 39.8 Å². The molecule has 2 aromatic heterocycles. The van der Waals surface area contributed by atoms with Gasteiger partial charge in [-0.25, -0.2) is 0 Å². The van der Waals surface area contributed by atoms with Crippen molar-refractivity contribution >= 4 is 87.4 Å². The standard InChI is InChI=1S/C54H37N3S/c1-5-15-38(16-6-1)39-25-27-43(28-26-39)56(42-21-11-4-12-22-42)46-33-34-51-48(35-46)49-37-54-50(47-23-13-14-24-53(47)58-54)36-52(49)57(51)45-31-29-44(30-32-45)55(40-17-7-2-8-18-40)41-19-9-3-10-20-41/h1-37H. The highest BCUT2D eigenvalue weighted by molar-refractivity contribution is 7.25. The van der Waals surface area contributed by atoms with Crippen molar-refractivity contribution in [2.45, 2.75) is 0 Å². The van der Waals surface area contributed by atoms with E-state index in [1.54, 1.807) is 0 Å². The van der Waals surface area contributed by atoms with Gasteiger partial charge in [-0.1, -0.05) is 115 Å². The number of aromatic nitrogens is 1. The van der Waals surface area contributed by atoms with Crippen LogP contribution in [-0.2, 0) is 0 Å². The summed E-state index contributed by atoms with van der Waals surface area (Å²) < 4.78 is 5.05. The van der Waals surface area contributed by atoms with E-state index in [2.05, 4.69) is 239 Å². The quantitative estimate of drug-likeness (QED) is 0.153. The summed E-state index contributed by atoms with van der Waals surface area (Å²) in [6, 6.07) is 81.0. The second-order valence-electron chi connectivity index (χ2n) is 14.6. The number of anilines is 6. The maximum Gasteiger partial charge on any atom is 0.0548 e. The molecule has 2 heterocycles. The molecule has 0 spiro atoms. The van der Waals surface area contributed by atoms with Crippen LogP contribution in [0.25, 0.3) is 58.8 Å². The number of benzene rings is 9. The zero-order valence-corrected chi connectivity index (χ0v) is 32.4. The van der Waals surface area contributed by atoms with Gasteiger partial charge in [0.2, 0.25) is 0 Å². The Hall–Kier alpha value is -7.40. The summed E-state index contributed by atoms with van der Waals surface area (Å²) in [5.41, 5.74) is 12.6. The van der Waals surface area contributed by atoms with Crippen LogP contribution >= 0.6 is 11.3 Å². The summed E-state index contributed by atoms with van der Waals surface area (Å²) in [5.74, 6) is 0. The van der Waals surface area contributed by atoms with E-state index in [1.165, 1.54) is 53.1 Å². The molecule has 0 fully saturated rings. The molecule has 58 heavy (non-hydrogen) atoms. The molecule has 0 radical (unpaired) electrons. The number of hydrogen-bond acceptors (Lipinski definition) is 3. The monoisotopic (exact) mass is 759 g/mol. The first-order valence-electron chi connectivity index (χ1n) is 19.7. The van der Waals surface area contributed by atoms with Crippen molar-refractivity contribution in [1.82, 2.24) is 4.57 Å². The van der Waals surface area contributed by atoms with Crippen LogP contribution in [0.4, 0.5) is 34.1 Å². The van der Waals surface area contributed by atoms with Crippen LogP contribution in [0.3, 0.4) is 0 Å². The average Bonchev–Trinajstić information content (AvgIpc) is 3.82. The second kappa shape index (κ2) is 14.3. The van der Waals surface area contributed by atoms with Crippen molar-refractivity contribution in [2.75, 3.05) is 9.80 Å². The number of rotatable bonds is 8. The smallest absolute Gasteiger partial charge is 0.0548 e. The summed E-state index contributed by atoms with van der Waals surface area (Å²) in [6.45, 7) is 0. The third-order valence-electron chi connectivity index (χ3n) is 11.1. The Kier molecular flexibility index (Phi) is 8.34. The summed E-state index contributed by atoms with van der Waals surface area (Å²) in [5, 5.41) is 5.04. The molecule has 0 aliphatic carbocycles.